The maximum atomic E-state index is 11.8. The van der Waals surface area contributed by atoms with E-state index in [9.17, 15) is 4.79 Å². The van der Waals surface area contributed by atoms with E-state index in [4.69, 9.17) is 13.6 Å². The lowest BCUT2D eigenvalue weighted by Crippen LogP contribution is -2.56. The fraction of sp³-hybridized carbons (Fsp3) is 0.630. The molecule has 0 saturated carbocycles. The molecule has 0 heterocycles. The molecule has 0 amide bonds. The number of esters is 1. The molecule has 0 spiro atoms. The number of carbonyl (C=O) groups excluding carboxylic acids is 1. The predicted molar refractivity (Wildman–Crippen MR) is 227 cm³/mol. The Balaban J connectivity index is 2.25. The van der Waals surface area contributed by atoms with Crippen molar-refractivity contribution in [1.29, 1.82) is 0 Å². The Morgan fingerprint density at radius 2 is 1.38 bits per heavy atom. The van der Waals surface area contributed by atoms with Crippen LogP contribution >= 0.6 is 0 Å². The first-order valence-corrected chi connectivity index (χ1v) is 26.0. The molecule has 0 radical (unpaired) electrons. The summed E-state index contributed by atoms with van der Waals surface area (Å²) in [6.45, 7) is 23.6. The number of methoxy groups -OCH3 is 1. The van der Waals surface area contributed by atoms with Crippen molar-refractivity contribution in [3.05, 3.63) is 95.6 Å². The molecule has 0 bridgehead atoms. The molecule has 0 aromatic heterocycles. The van der Waals surface area contributed by atoms with Crippen LogP contribution in [0.2, 0.25) is 36.3 Å². The molecular formula is C46H74O4Si2. The van der Waals surface area contributed by atoms with Gasteiger partial charge in [-0.2, -0.15) is 0 Å². The summed E-state index contributed by atoms with van der Waals surface area (Å²) in [5.74, 6) is -0.117. The first kappa shape index (κ1) is 44.1. The molecule has 2 aromatic carbocycles. The van der Waals surface area contributed by atoms with Crippen LogP contribution in [0.4, 0.5) is 0 Å². The van der Waals surface area contributed by atoms with Crippen LogP contribution in [-0.4, -0.2) is 35.3 Å². The van der Waals surface area contributed by atoms with E-state index in [0.717, 1.165) is 69.5 Å². The molecule has 2 aromatic rings. The minimum absolute atomic E-state index is 0.0320. The number of hydrogen-bond acceptors (Lipinski definition) is 4. The van der Waals surface area contributed by atoms with Gasteiger partial charge in [0.1, 0.15) is 5.60 Å². The van der Waals surface area contributed by atoms with Crippen LogP contribution in [0, 0.1) is 0 Å². The minimum Gasteiger partial charge on any atom is -0.469 e. The lowest BCUT2D eigenvalue weighted by molar-refractivity contribution is -0.140. The number of carbonyl (C=O) groups is 1. The van der Waals surface area contributed by atoms with Gasteiger partial charge in [-0.25, -0.2) is 0 Å². The first-order chi connectivity index (χ1) is 24.6. The number of unbranched alkanes of at least 4 members (excludes halogenated alkanes) is 4. The normalized spacial score (nSPS) is 20.9. The molecule has 6 heteroatoms. The van der Waals surface area contributed by atoms with Crippen molar-refractivity contribution in [2.24, 2.45) is 0 Å². The highest BCUT2D eigenvalue weighted by atomic mass is 28.4. The lowest BCUT2D eigenvalue weighted by atomic mass is 9.62. The largest absolute Gasteiger partial charge is 0.469 e. The molecular weight excluding hydrogens is 673 g/mol. The van der Waals surface area contributed by atoms with Crippen molar-refractivity contribution < 1.29 is 18.4 Å². The summed E-state index contributed by atoms with van der Waals surface area (Å²) in [5.41, 5.74) is 2.66. The zero-order chi connectivity index (χ0) is 38.5. The zero-order valence-electron chi connectivity index (χ0n) is 35.0. The fourth-order valence-electron chi connectivity index (χ4n) is 8.19. The highest BCUT2D eigenvalue weighted by Crippen LogP contribution is 2.61. The van der Waals surface area contributed by atoms with Gasteiger partial charge in [-0.1, -0.05) is 159 Å². The van der Waals surface area contributed by atoms with E-state index < -0.39 is 27.7 Å². The maximum Gasteiger partial charge on any atom is 0.305 e. The highest BCUT2D eigenvalue weighted by molar-refractivity contribution is 6.74. The second-order valence-corrected chi connectivity index (χ2v) is 26.6. The summed E-state index contributed by atoms with van der Waals surface area (Å²) in [6.07, 6.45) is 18.2. The van der Waals surface area contributed by atoms with Crippen LogP contribution in [0.25, 0.3) is 0 Å². The Morgan fingerprint density at radius 3 is 1.92 bits per heavy atom. The zero-order valence-corrected chi connectivity index (χ0v) is 37.0. The molecule has 0 fully saturated rings. The van der Waals surface area contributed by atoms with E-state index in [2.05, 4.69) is 147 Å². The summed E-state index contributed by atoms with van der Waals surface area (Å²) in [6, 6.07) is 25.8. The average Bonchev–Trinajstić information content (AvgIpc) is 3.44. The molecule has 0 aliphatic heterocycles. The van der Waals surface area contributed by atoms with E-state index in [1.54, 1.807) is 0 Å². The molecule has 1 unspecified atom stereocenters. The summed E-state index contributed by atoms with van der Waals surface area (Å²) in [4.78, 5) is 11.8. The van der Waals surface area contributed by atoms with Crippen LogP contribution in [0.1, 0.15) is 137 Å². The topological polar surface area (TPSA) is 44.8 Å². The smallest absolute Gasteiger partial charge is 0.305 e. The van der Waals surface area contributed by atoms with Gasteiger partial charge in [0.15, 0.2) is 16.6 Å². The van der Waals surface area contributed by atoms with Gasteiger partial charge in [0.2, 0.25) is 0 Å². The van der Waals surface area contributed by atoms with E-state index in [-0.39, 0.29) is 16.6 Å². The second-order valence-electron chi connectivity index (χ2n) is 17.2. The maximum absolute atomic E-state index is 11.8. The molecule has 52 heavy (non-hydrogen) atoms. The third-order valence-corrected chi connectivity index (χ3v) is 21.9. The number of ether oxygens (including phenoxy) is 1. The van der Waals surface area contributed by atoms with Crippen molar-refractivity contribution in [1.82, 2.24) is 0 Å². The third kappa shape index (κ3) is 10.3. The molecule has 3 rings (SSSR count). The molecule has 0 saturated heterocycles. The average molecular weight is 747 g/mol. The molecule has 0 N–H and O–H groups in total. The van der Waals surface area contributed by atoms with Crippen LogP contribution in [-0.2, 0) is 29.4 Å². The Kier molecular flexibility index (Phi) is 16.4. The number of rotatable bonds is 22. The fourth-order valence-corrected chi connectivity index (χ4v) is 12.9. The molecule has 3 atom stereocenters. The summed E-state index contributed by atoms with van der Waals surface area (Å²) >= 11 is 0. The SMILES string of the molecule is CCCCC(C)(C/C=C/[C@]1(c2ccccc2)C(CCCCCCC(=O)OC)=CC[C@@]1(O[Si](C)(C)C(C)(C)C)c1ccccc1)O[Si](CC)(CC)CC. The van der Waals surface area contributed by atoms with Crippen molar-refractivity contribution in [3.63, 3.8) is 0 Å². The van der Waals surface area contributed by atoms with Gasteiger partial charge >= 0.3 is 5.97 Å². The van der Waals surface area contributed by atoms with E-state index in [1.807, 2.05) is 0 Å². The van der Waals surface area contributed by atoms with Gasteiger partial charge in [0, 0.05) is 6.42 Å². The molecule has 4 nitrogen and oxygen atoms in total. The molecule has 290 valence electrons. The van der Waals surface area contributed by atoms with Gasteiger partial charge in [-0.05, 0) is 92.8 Å². The lowest BCUT2D eigenvalue weighted by Gasteiger charge is -2.53. The number of benzene rings is 2. The second kappa shape index (κ2) is 19.4. The van der Waals surface area contributed by atoms with E-state index in [0.29, 0.717) is 6.42 Å². The van der Waals surface area contributed by atoms with Crippen molar-refractivity contribution in [3.8, 4) is 0 Å². The van der Waals surface area contributed by atoms with Crippen LogP contribution in [0.3, 0.4) is 0 Å². The predicted octanol–water partition coefficient (Wildman–Crippen LogP) is 13.6. The quantitative estimate of drug-likeness (QED) is 0.0521. The van der Waals surface area contributed by atoms with Crippen LogP contribution < -0.4 is 0 Å². The number of hydrogen-bond donors (Lipinski definition) is 0. The van der Waals surface area contributed by atoms with E-state index >= 15 is 0 Å². The summed E-state index contributed by atoms with van der Waals surface area (Å²) in [5, 5.41) is 0.0320. The minimum atomic E-state index is -2.31. The van der Waals surface area contributed by atoms with Crippen molar-refractivity contribution in [2.45, 2.75) is 179 Å². The van der Waals surface area contributed by atoms with Crippen LogP contribution in [0.15, 0.2) is 84.5 Å². The molecule has 1 aliphatic carbocycles. The Hall–Kier alpha value is -2.26. The van der Waals surface area contributed by atoms with Crippen LogP contribution in [0.5, 0.6) is 0 Å². The van der Waals surface area contributed by atoms with E-state index in [1.165, 1.54) is 36.7 Å². The summed E-state index contributed by atoms with van der Waals surface area (Å²) in [7, 11) is -2.68. The third-order valence-electron chi connectivity index (χ3n) is 12.7. The van der Waals surface area contributed by atoms with Gasteiger partial charge in [-0.15, -0.1) is 0 Å². The van der Waals surface area contributed by atoms with Crippen molar-refractivity contribution >= 4 is 22.6 Å². The Labute approximate surface area is 321 Å². The van der Waals surface area contributed by atoms with Gasteiger partial charge in [0.05, 0.1) is 18.1 Å². The Morgan fingerprint density at radius 1 is 0.808 bits per heavy atom. The standard InChI is InChI=1S/C46H74O4Si2/c1-12-16-35-44(8,49-52(13-2,14-3)15-4)36-27-37-45(39-28-22-19-23-29-39)40(30-21-17-18-26-33-42(47)48-9)34-38-46(45,41-31-24-20-25-32-41)50-51(10,11)43(5,6)7/h19-20,22-25,27-29,31-32,34,37H,12-18,21,26,30,33,35-36,38H2,1-11H3/b37-27+/t44?,45-,46+/m0/s1. The Bertz CT molecular complexity index is 1420. The van der Waals surface area contributed by atoms with Gasteiger partial charge in [0.25, 0.3) is 0 Å². The monoisotopic (exact) mass is 747 g/mol. The molecule has 1 aliphatic rings. The van der Waals surface area contributed by atoms with Gasteiger partial charge < -0.3 is 13.6 Å². The first-order valence-electron chi connectivity index (χ1n) is 20.6. The van der Waals surface area contributed by atoms with Gasteiger partial charge in [-0.3, -0.25) is 4.79 Å². The highest BCUT2D eigenvalue weighted by Gasteiger charge is 2.60. The van der Waals surface area contributed by atoms with Crippen molar-refractivity contribution in [2.75, 3.05) is 7.11 Å². The summed E-state index contributed by atoms with van der Waals surface area (Å²) < 4.78 is 20.3.